The zero-order chi connectivity index (χ0) is 17.2. The van der Waals surface area contributed by atoms with Crippen LogP contribution in [-0.4, -0.2) is 41.3 Å². The van der Waals surface area contributed by atoms with Crippen LogP contribution >= 0.6 is 0 Å². The molecule has 0 N–H and O–H groups in total. The Morgan fingerprint density at radius 2 is 2.17 bits per heavy atom. The standard InChI is InChI=1S/C18H24N2O4/c1-18(2,3)24-17(21)20-10-6-7-13(11-20)12-22-16-19-14-8-4-5-9-15(14)23-16/h4-5,8-9,13H,6-7,10-12H2,1-3H3. The largest absolute Gasteiger partial charge is 0.450 e. The molecule has 1 unspecified atom stereocenters. The molecule has 0 saturated carbocycles. The molecule has 1 fully saturated rings. The van der Waals surface area contributed by atoms with Crippen molar-refractivity contribution in [2.24, 2.45) is 5.92 Å². The Labute approximate surface area is 141 Å². The van der Waals surface area contributed by atoms with E-state index in [1.807, 2.05) is 45.0 Å². The molecule has 2 aromatic rings. The molecule has 0 spiro atoms. The van der Waals surface area contributed by atoms with Crippen molar-refractivity contribution in [1.29, 1.82) is 0 Å². The SMILES string of the molecule is CC(C)(C)OC(=O)N1CCCC(COc2nc3ccccc3o2)C1. The predicted octanol–water partition coefficient (Wildman–Crippen LogP) is 3.85. The number of nitrogens with zero attached hydrogens (tertiary/aromatic N) is 2. The zero-order valence-corrected chi connectivity index (χ0v) is 14.4. The molecule has 1 saturated heterocycles. The van der Waals surface area contributed by atoms with Crippen molar-refractivity contribution in [2.75, 3.05) is 19.7 Å². The maximum atomic E-state index is 12.2. The van der Waals surface area contributed by atoms with E-state index in [1.54, 1.807) is 4.90 Å². The lowest BCUT2D eigenvalue weighted by Gasteiger charge is -2.33. The molecule has 1 aliphatic heterocycles. The molecule has 1 aromatic heterocycles. The molecule has 1 aliphatic rings. The molecule has 3 rings (SSSR count). The number of carbonyl (C=O) groups is 1. The lowest BCUT2D eigenvalue weighted by molar-refractivity contribution is 0.0132. The van der Waals surface area contributed by atoms with E-state index in [0.717, 1.165) is 24.9 Å². The van der Waals surface area contributed by atoms with Crippen LogP contribution in [0.25, 0.3) is 11.1 Å². The Bertz CT molecular complexity index is 671. The average Bonchev–Trinajstić information content (AvgIpc) is 2.94. The lowest BCUT2D eigenvalue weighted by atomic mass is 9.99. The first-order valence-electron chi connectivity index (χ1n) is 8.37. The number of hydrogen-bond donors (Lipinski definition) is 0. The van der Waals surface area contributed by atoms with Crippen molar-refractivity contribution in [3.63, 3.8) is 0 Å². The van der Waals surface area contributed by atoms with Crippen molar-refractivity contribution in [3.05, 3.63) is 24.3 Å². The van der Waals surface area contributed by atoms with Gasteiger partial charge in [0.25, 0.3) is 0 Å². The highest BCUT2D eigenvalue weighted by Gasteiger charge is 2.28. The third-order valence-corrected chi connectivity index (χ3v) is 3.89. The van der Waals surface area contributed by atoms with Crippen molar-refractivity contribution in [3.8, 4) is 6.08 Å². The summed E-state index contributed by atoms with van der Waals surface area (Å²) in [4.78, 5) is 18.2. The van der Waals surface area contributed by atoms with E-state index in [-0.39, 0.29) is 18.1 Å². The van der Waals surface area contributed by atoms with Crippen LogP contribution in [0.5, 0.6) is 6.08 Å². The number of rotatable bonds is 3. The average molecular weight is 332 g/mol. The summed E-state index contributed by atoms with van der Waals surface area (Å²) >= 11 is 0. The Balaban J connectivity index is 1.54. The second-order valence-electron chi connectivity index (χ2n) is 7.19. The molecule has 1 aromatic carbocycles. The Morgan fingerprint density at radius 3 is 2.92 bits per heavy atom. The van der Waals surface area contributed by atoms with Crippen molar-refractivity contribution < 1.29 is 18.7 Å². The van der Waals surface area contributed by atoms with Gasteiger partial charge in [-0.05, 0) is 45.7 Å². The first-order valence-corrected chi connectivity index (χ1v) is 8.37. The second-order valence-corrected chi connectivity index (χ2v) is 7.19. The highest BCUT2D eigenvalue weighted by Crippen LogP contribution is 2.23. The van der Waals surface area contributed by atoms with E-state index in [9.17, 15) is 4.79 Å². The van der Waals surface area contributed by atoms with Gasteiger partial charge in [0, 0.05) is 19.0 Å². The number of benzene rings is 1. The summed E-state index contributed by atoms with van der Waals surface area (Å²) in [6, 6.07) is 7.56. The van der Waals surface area contributed by atoms with E-state index in [4.69, 9.17) is 13.9 Å². The summed E-state index contributed by atoms with van der Waals surface area (Å²) in [5.74, 6) is 0.251. The minimum absolute atomic E-state index is 0.251. The molecule has 24 heavy (non-hydrogen) atoms. The third kappa shape index (κ3) is 4.19. The normalized spacial score (nSPS) is 18.6. The van der Waals surface area contributed by atoms with Crippen LogP contribution in [0.3, 0.4) is 0 Å². The third-order valence-electron chi connectivity index (χ3n) is 3.89. The van der Waals surface area contributed by atoms with Gasteiger partial charge in [0.2, 0.25) is 0 Å². The van der Waals surface area contributed by atoms with E-state index in [0.29, 0.717) is 18.7 Å². The van der Waals surface area contributed by atoms with Crippen LogP contribution in [0.1, 0.15) is 33.6 Å². The number of fused-ring (bicyclic) bond motifs is 1. The predicted molar refractivity (Wildman–Crippen MR) is 90.0 cm³/mol. The molecule has 2 heterocycles. The molecule has 0 aliphatic carbocycles. The van der Waals surface area contributed by atoms with Gasteiger partial charge in [0.15, 0.2) is 5.58 Å². The number of amides is 1. The molecular formula is C18H24N2O4. The molecule has 1 amide bonds. The summed E-state index contributed by atoms with van der Waals surface area (Å²) in [7, 11) is 0. The molecule has 6 heteroatoms. The summed E-state index contributed by atoms with van der Waals surface area (Å²) in [6.07, 6.45) is 1.99. The number of ether oxygens (including phenoxy) is 2. The van der Waals surface area contributed by atoms with Gasteiger partial charge in [-0.25, -0.2) is 4.79 Å². The molecule has 0 bridgehead atoms. The molecule has 6 nitrogen and oxygen atoms in total. The number of aromatic nitrogens is 1. The number of piperidine rings is 1. The Morgan fingerprint density at radius 1 is 1.38 bits per heavy atom. The van der Waals surface area contributed by atoms with Gasteiger partial charge in [0.1, 0.15) is 11.1 Å². The minimum atomic E-state index is -0.473. The molecule has 0 radical (unpaired) electrons. The van der Waals surface area contributed by atoms with Crippen molar-refractivity contribution in [2.45, 2.75) is 39.2 Å². The Kier molecular flexibility index (Phi) is 4.64. The Hall–Kier alpha value is -2.24. The minimum Gasteiger partial charge on any atom is -0.450 e. The second kappa shape index (κ2) is 6.71. The van der Waals surface area contributed by atoms with Crippen LogP contribution in [0, 0.1) is 5.92 Å². The summed E-state index contributed by atoms with van der Waals surface area (Å²) in [6.45, 7) is 7.48. The highest BCUT2D eigenvalue weighted by molar-refractivity contribution is 5.72. The van der Waals surface area contributed by atoms with Crippen LogP contribution in [0.2, 0.25) is 0 Å². The zero-order valence-electron chi connectivity index (χ0n) is 14.4. The summed E-state index contributed by atoms with van der Waals surface area (Å²) < 4.78 is 16.7. The van der Waals surface area contributed by atoms with Gasteiger partial charge in [-0.3, -0.25) is 0 Å². The van der Waals surface area contributed by atoms with Crippen LogP contribution in [-0.2, 0) is 4.74 Å². The first-order chi connectivity index (χ1) is 11.4. The monoisotopic (exact) mass is 332 g/mol. The molecule has 1 atom stereocenters. The fraction of sp³-hybridized carbons (Fsp3) is 0.556. The number of oxazole rings is 1. The van der Waals surface area contributed by atoms with E-state index >= 15 is 0 Å². The highest BCUT2D eigenvalue weighted by atomic mass is 16.6. The maximum Gasteiger partial charge on any atom is 0.410 e. The molecule has 130 valence electrons. The topological polar surface area (TPSA) is 64.8 Å². The fourth-order valence-corrected chi connectivity index (χ4v) is 2.80. The van der Waals surface area contributed by atoms with Crippen LogP contribution < -0.4 is 4.74 Å². The summed E-state index contributed by atoms with van der Waals surface area (Å²) in [5, 5.41) is 0. The van der Waals surface area contributed by atoms with Crippen molar-refractivity contribution in [1.82, 2.24) is 9.88 Å². The van der Waals surface area contributed by atoms with Gasteiger partial charge < -0.3 is 18.8 Å². The van der Waals surface area contributed by atoms with Gasteiger partial charge in [-0.2, -0.15) is 4.98 Å². The van der Waals surface area contributed by atoms with Gasteiger partial charge >= 0.3 is 12.2 Å². The first kappa shape index (κ1) is 16.6. The van der Waals surface area contributed by atoms with Crippen LogP contribution in [0.4, 0.5) is 4.79 Å². The van der Waals surface area contributed by atoms with Gasteiger partial charge in [-0.1, -0.05) is 12.1 Å². The van der Waals surface area contributed by atoms with Crippen molar-refractivity contribution >= 4 is 17.2 Å². The van der Waals surface area contributed by atoms with Crippen LogP contribution in [0.15, 0.2) is 28.7 Å². The number of hydrogen-bond acceptors (Lipinski definition) is 5. The summed E-state index contributed by atoms with van der Waals surface area (Å²) in [5.41, 5.74) is 1.02. The quantitative estimate of drug-likeness (QED) is 0.854. The molecular weight excluding hydrogens is 308 g/mol. The van der Waals surface area contributed by atoms with E-state index in [1.165, 1.54) is 0 Å². The number of carbonyl (C=O) groups excluding carboxylic acids is 1. The fourth-order valence-electron chi connectivity index (χ4n) is 2.80. The maximum absolute atomic E-state index is 12.2. The number of para-hydroxylation sites is 2. The smallest absolute Gasteiger partial charge is 0.410 e. The number of likely N-dealkylation sites (tertiary alicyclic amines) is 1. The van der Waals surface area contributed by atoms with Gasteiger partial charge in [-0.15, -0.1) is 0 Å². The van der Waals surface area contributed by atoms with Gasteiger partial charge in [0.05, 0.1) is 6.61 Å². The lowest BCUT2D eigenvalue weighted by Crippen LogP contribution is -2.44. The van der Waals surface area contributed by atoms with E-state index in [2.05, 4.69) is 4.98 Å². The van der Waals surface area contributed by atoms with E-state index < -0.39 is 5.60 Å².